The maximum absolute atomic E-state index is 13.7. The van der Waals surface area contributed by atoms with Crippen LogP contribution in [-0.2, 0) is 10.0 Å². The van der Waals surface area contributed by atoms with E-state index in [-0.39, 0.29) is 19.2 Å². The third-order valence-corrected chi connectivity index (χ3v) is 4.55. The molecule has 0 spiro atoms. The van der Waals surface area contributed by atoms with Gasteiger partial charge in [0.15, 0.2) is 0 Å². The second-order valence-corrected chi connectivity index (χ2v) is 6.03. The van der Waals surface area contributed by atoms with Gasteiger partial charge in [0, 0.05) is 25.2 Å². The third kappa shape index (κ3) is 3.71. The zero-order valence-corrected chi connectivity index (χ0v) is 11.9. The standard InChI is InChI=1S/C11H14F2N2O5S/c1-2-3-14(4-5-16)21(19,20)11-7-10(15(17)18)8(12)6-9(11)13/h6-7,16H,2-5H2,1H3. The van der Waals surface area contributed by atoms with Crippen LogP contribution in [0.3, 0.4) is 0 Å². The van der Waals surface area contributed by atoms with Gasteiger partial charge in [-0.2, -0.15) is 8.70 Å². The molecule has 0 aliphatic rings. The molecule has 0 radical (unpaired) electrons. The van der Waals surface area contributed by atoms with Crippen LogP contribution in [0.5, 0.6) is 0 Å². The van der Waals surface area contributed by atoms with Gasteiger partial charge in [0.2, 0.25) is 15.8 Å². The molecule has 10 heteroatoms. The number of halogens is 2. The van der Waals surface area contributed by atoms with Gasteiger partial charge in [-0.3, -0.25) is 10.1 Å². The lowest BCUT2D eigenvalue weighted by Gasteiger charge is -2.20. The van der Waals surface area contributed by atoms with Crippen molar-refractivity contribution in [3.63, 3.8) is 0 Å². The Morgan fingerprint density at radius 3 is 2.38 bits per heavy atom. The molecule has 0 amide bonds. The van der Waals surface area contributed by atoms with E-state index in [1.807, 2.05) is 0 Å². The fourth-order valence-corrected chi connectivity index (χ4v) is 3.30. The van der Waals surface area contributed by atoms with E-state index in [4.69, 9.17) is 5.11 Å². The first-order chi connectivity index (χ1) is 9.75. The van der Waals surface area contributed by atoms with Gasteiger partial charge in [0.05, 0.1) is 11.5 Å². The molecular weight excluding hydrogens is 310 g/mol. The van der Waals surface area contributed by atoms with Crippen molar-refractivity contribution in [2.75, 3.05) is 19.7 Å². The van der Waals surface area contributed by atoms with E-state index in [9.17, 15) is 27.3 Å². The molecular formula is C11H14F2N2O5S. The quantitative estimate of drug-likeness (QED) is 0.601. The SMILES string of the molecule is CCCN(CCO)S(=O)(=O)c1cc([N+](=O)[O-])c(F)cc1F. The van der Waals surface area contributed by atoms with E-state index in [2.05, 4.69) is 0 Å². The normalized spacial score (nSPS) is 11.9. The minimum atomic E-state index is -4.40. The minimum absolute atomic E-state index is 0.00644. The van der Waals surface area contributed by atoms with Crippen LogP contribution in [0.2, 0.25) is 0 Å². The summed E-state index contributed by atoms with van der Waals surface area (Å²) in [6.07, 6.45) is 0.393. The topological polar surface area (TPSA) is 101 Å². The summed E-state index contributed by atoms with van der Waals surface area (Å²) in [5.74, 6) is -2.88. The van der Waals surface area contributed by atoms with Gasteiger partial charge in [-0.05, 0) is 6.42 Å². The van der Waals surface area contributed by atoms with Gasteiger partial charge in [0.1, 0.15) is 10.7 Å². The molecule has 0 aromatic heterocycles. The molecule has 0 aliphatic heterocycles. The summed E-state index contributed by atoms with van der Waals surface area (Å²) in [6.45, 7) is 0.877. The summed E-state index contributed by atoms with van der Waals surface area (Å²) in [7, 11) is -4.40. The Balaban J connectivity index is 3.42. The van der Waals surface area contributed by atoms with Crippen molar-refractivity contribution in [2.45, 2.75) is 18.2 Å². The summed E-state index contributed by atoms with van der Waals surface area (Å²) in [6, 6.07) is 0.508. The Bertz CT molecular complexity index is 630. The van der Waals surface area contributed by atoms with Crippen molar-refractivity contribution in [3.05, 3.63) is 33.9 Å². The molecule has 0 saturated heterocycles. The summed E-state index contributed by atoms with van der Waals surface area (Å²) in [5, 5.41) is 19.5. The molecule has 0 fully saturated rings. The smallest absolute Gasteiger partial charge is 0.306 e. The number of nitrogens with zero attached hydrogens (tertiary/aromatic N) is 2. The molecule has 1 aromatic carbocycles. The Morgan fingerprint density at radius 1 is 1.29 bits per heavy atom. The molecule has 1 N–H and O–H groups in total. The molecule has 1 rings (SSSR count). The molecule has 7 nitrogen and oxygen atoms in total. The number of hydrogen-bond acceptors (Lipinski definition) is 5. The Labute approximate surface area is 120 Å². The van der Waals surface area contributed by atoms with E-state index in [1.54, 1.807) is 6.92 Å². The number of aliphatic hydroxyl groups is 1. The molecule has 0 atom stereocenters. The highest BCUT2D eigenvalue weighted by atomic mass is 32.2. The molecule has 0 heterocycles. The largest absolute Gasteiger partial charge is 0.395 e. The van der Waals surface area contributed by atoms with Gasteiger partial charge >= 0.3 is 5.69 Å². The monoisotopic (exact) mass is 324 g/mol. The number of sulfonamides is 1. The number of hydrogen-bond donors (Lipinski definition) is 1. The lowest BCUT2D eigenvalue weighted by Crippen LogP contribution is -2.34. The summed E-state index contributed by atoms with van der Waals surface area (Å²) >= 11 is 0. The van der Waals surface area contributed by atoms with Crippen LogP contribution in [0.4, 0.5) is 14.5 Å². The van der Waals surface area contributed by atoms with Crippen LogP contribution in [0.25, 0.3) is 0 Å². The summed E-state index contributed by atoms with van der Waals surface area (Å²) < 4.78 is 52.2. The van der Waals surface area contributed by atoms with Crippen LogP contribution >= 0.6 is 0 Å². The number of nitro groups is 1. The molecule has 0 bridgehead atoms. The number of aliphatic hydroxyl groups excluding tert-OH is 1. The maximum Gasteiger partial charge on any atom is 0.306 e. The Hall–Kier alpha value is -1.65. The van der Waals surface area contributed by atoms with E-state index >= 15 is 0 Å². The fourth-order valence-electron chi connectivity index (χ4n) is 1.71. The maximum atomic E-state index is 13.7. The molecule has 0 saturated carbocycles. The number of rotatable bonds is 7. The average Bonchev–Trinajstić information content (AvgIpc) is 2.37. The zero-order chi connectivity index (χ0) is 16.2. The van der Waals surface area contributed by atoms with Gasteiger partial charge < -0.3 is 5.11 Å². The second-order valence-electron chi connectivity index (χ2n) is 4.12. The van der Waals surface area contributed by atoms with Crippen molar-refractivity contribution in [1.82, 2.24) is 4.31 Å². The number of benzene rings is 1. The predicted octanol–water partition coefficient (Wildman–Crippen LogP) is 1.27. The molecule has 21 heavy (non-hydrogen) atoms. The van der Waals surface area contributed by atoms with Gasteiger partial charge in [0.25, 0.3) is 0 Å². The van der Waals surface area contributed by atoms with Gasteiger partial charge in [-0.15, -0.1) is 0 Å². The summed E-state index contributed by atoms with van der Waals surface area (Å²) in [5.41, 5.74) is -1.13. The first kappa shape index (κ1) is 17.4. The van der Waals surface area contributed by atoms with Crippen molar-refractivity contribution in [1.29, 1.82) is 0 Å². The van der Waals surface area contributed by atoms with Gasteiger partial charge in [-0.1, -0.05) is 6.92 Å². The van der Waals surface area contributed by atoms with Crippen molar-refractivity contribution in [2.24, 2.45) is 0 Å². The Morgan fingerprint density at radius 2 is 1.90 bits per heavy atom. The predicted molar refractivity (Wildman–Crippen MR) is 69.1 cm³/mol. The van der Waals surface area contributed by atoms with Crippen LogP contribution < -0.4 is 0 Å². The fraction of sp³-hybridized carbons (Fsp3) is 0.455. The first-order valence-corrected chi connectivity index (χ1v) is 7.44. The van der Waals surface area contributed by atoms with Gasteiger partial charge in [-0.25, -0.2) is 12.8 Å². The first-order valence-electron chi connectivity index (χ1n) is 6.00. The highest BCUT2D eigenvalue weighted by Gasteiger charge is 2.30. The van der Waals surface area contributed by atoms with Crippen molar-refractivity contribution in [3.8, 4) is 0 Å². The highest BCUT2D eigenvalue weighted by Crippen LogP contribution is 2.27. The van der Waals surface area contributed by atoms with Crippen LogP contribution in [0, 0.1) is 21.7 Å². The van der Waals surface area contributed by atoms with Crippen LogP contribution in [0.15, 0.2) is 17.0 Å². The van der Waals surface area contributed by atoms with E-state index in [1.165, 1.54) is 0 Å². The lowest BCUT2D eigenvalue weighted by atomic mass is 10.3. The Kier molecular flexibility index (Phi) is 5.70. The van der Waals surface area contributed by atoms with E-state index in [0.29, 0.717) is 12.5 Å². The molecule has 118 valence electrons. The van der Waals surface area contributed by atoms with Crippen molar-refractivity contribution >= 4 is 15.7 Å². The highest BCUT2D eigenvalue weighted by molar-refractivity contribution is 7.89. The molecule has 1 aromatic rings. The lowest BCUT2D eigenvalue weighted by molar-refractivity contribution is -0.387. The summed E-state index contributed by atoms with van der Waals surface area (Å²) in [4.78, 5) is 8.50. The number of nitro benzene ring substituents is 1. The van der Waals surface area contributed by atoms with E-state index < -0.39 is 43.8 Å². The molecule has 0 aliphatic carbocycles. The van der Waals surface area contributed by atoms with E-state index in [0.717, 1.165) is 4.31 Å². The third-order valence-electron chi connectivity index (χ3n) is 2.64. The van der Waals surface area contributed by atoms with Crippen LogP contribution in [0.1, 0.15) is 13.3 Å². The zero-order valence-electron chi connectivity index (χ0n) is 11.1. The minimum Gasteiger partial charge on any atom is -0.395 e. The van der Waals surface area contributed by atoms with Crippen LogP contribution in [-0.4, -0.2) is 42.4 Å². The molecule has 0 unspecified atom stereocenters. The average molecular weight is 324 g/mol. The second kappa shape index (κ2) is 6.87. The van der Waals surface area contributed by atoms with Crippen molar-refractivity contribution < 1.29 is 27.2 Å².